The van der Waals surface area contributed by atoms with Crippen LogP contribution in [0.4, 0.5) is 13.2 Å². The fourth-order valence-corrected chi connectivity index (χ4v) is 1.78. The lowest BCUT2D eigenvalue weighted by Crippen LogP contribution is -2.56. The molecule has 1 N–H and O–H groups in total. The summed E-state index contributed by atoms with van der Waals surface area (Å²) >= 11 is 0. The molecule has 0 radical (unpaired) electrons. The van der Waals surface area contributed by atoms with Crippen molar-refractivity contribution in [3.63, 3.8) is 0 Å². The molecular weight excluding hydrogens is 293 g/mol. The first-order chi connectivity index (χ1) is 9.34. The molecule has 1 aliphatic rings. The molecule has 0 aromatic heterocycles. The largest absolute Gasteiger partial charge is 0.459 e. The van der Waals surface area contributed by atoms with Crippen molar-refractivity contribution in [2.24, 2.45) is 10.5 Å². The van der Waals surface area contributed by atoms with E-state index >= 15 is 0 Å². The summed E-state index contributed by atoms with van der Waals surface area (Å²) in [5.74, 6) is -2.80. The minimum Gasteiger partial charge on any atom is -0.459 e. The second-order valence-corrected chi connectivity index (χ2v) is 5.63. The number of esters is 1. The molecule has 9 heteroatoms. The summed E-state index contributed by atoms with van der Waals surface area (Å²) in [6.45, 7) is 5.63. The first-order valence-electron chi connectivity index (χ1n) is 6.23. The van der Waals surface area contributed by atoms with E-state index < -0.39 is 41.3 Å². The Balaban J connectivity index is 3.24. The average molecular weight is 310 g/mol. The van der Waals surface area contributed by atoms with E-state index in [0.717, 1.165) is 0 Å². The number of carbonyl (C=O) groups is 2. The molecule has 0 fully saturated rings. The summed E-state index contributed by atoms with van der Waals surface area (Å²) < 4.78 is 42.8. The van der Waals surface area contributed by atoms with Crippen LogP contribution in [0.3, 0.4) is 0 Å². The zero-order valence-corrected chi connectivity index (χ0v) is 12.1. The summed E-state index contributed by atoms with van der Waals surface area (Å²) in [5, 5.41) is 13.8. The maximum absolute atomic E-state index is 12.8. The zero-order chi connectivity index (χ0) is 16.6. The predicted octanol–water partition coefficient (Wildman–Crippen LogP) is 1.43. The Bertz CT molecular complexity index is 482. The van der Waals surface area contributed by atoms with Gasteiger partial charge < -0.3 is 9.84 Å². The second kappa shape index (κ2) is 5.28. The summed E-state index contributed by atoms with van der Waals surface area (Å²) in [7, 11) is 0. The maximum atomic E-state index is 12.8. The Kier molecular flexibility index (Phi) is 4.38. The maximum Gasteiger partial charge on any atom is 0.431 e. The molecule has 21 heavy (non-hydrogen) atoms. The lowest BCUT2D eigenvalue weighted by molar-refractivity contribution is -0.190. The van der Waals surface area contributed by atoms with Crippen LogP contribution in [0.2, 0.25) is 0 Å². The fraction of sp³-hybridized carbons (Fsp3) is 0.750. The minimum absolute atomic E-state index is 0.123. The van der Waals surface area contributed by atoms with Gasteiger partial charge in [0.15, 0.2) is 5.72 Å². The molecule has 0 aromatic carbocycles. The zero-order valence-electron chi connectivity index (χ0n) is 12.1. The van der Waals surface area contributed by atoms with E-state index in [2.05, 4.69) is 9.84 Å². The van der Waals surface area contributed by atoms with Gasteiger partial charge in [0.1, 0.15) is 5.71 Å². The van der Waals surface area contributed by atoms with Gasteiger partial charge in [0.25, 0.3) is 0 Å². The van der Waals surface area contributed by atoms with Crippen molar-refractivity contribution in [2.45, 2.75) is 46.0 Å². The quantitative estimate of drug-likeness (QED) is 0.587. The Morgan fingerprint density at radius 1 is 1.38 bits per heavy atom. The van der Waals surface area contributed by atoms with Gasteiger partial charge in [0, 0.05) is 11.8 Å². The van der Waals surface area contributed by atoms with Crippen LogP contribution in [-0.2, 0) is 14.3 Å². The minimum atomic E-state index is -4.80. The Morgan fingerprint density at radius 3 is 2.29 bits per heavy atom. The van der Waals surface area contributed by atoms with Gasteiger partial charge in [0.2, 0.25) is 0 Å². The molecule has 1 rings (SSSR count). The molecule has 0 spiro atoms. The standard InChI is InChI=1S/C12H17F3N2O4/c1-5-21-9(19)8(18)17-11(20,10(2,3)4)6-7(16-17)12(13,14)15/h20H,5-6H2,1-4H3. The van der Waals surface area contributed by atoms with Crippen LogP contribution in [0.15, 0.2) is 5.10 Å². The summed E-state index contributed by atoms with van der Waals surface area (Å²) in [6.07, 6.45) is -5.71. The molecule has 0 aromatic rings. The summed E-state index contributed by atoms with van der Waals surface area (Å²) in [6, 6.07) is 0. The van der Waals surface area contributed by atoms with E-state index in [1.54, 1.807) is 0 Å². The number of nitrogens with zero attached hydrogens (tertiary/aromatic N) is 2. The highest BCUT2D eigenvalue weighted by atomic mass is 19.4. The normalized spacial score (nSPS) is 23.0. The third kappa shape index (κ3) is 3.17. The number of amides is 1. The molecule has 0 saturated heterocycles. The van der Waals surface area contributed by atoms with Gasteiger partial charge in [-0.15, -0.1) is 0 Å². The van der Waals surface area contributed by atoms with E-state index in [1.807, 2.05) is 0 Å². The highest BCUT2D eigenvalue weighted by Gasteiger charge is 2.58. The van der Waals surface area contributed by atoms with Crippen molar-refractivity contribution in [3.8, 4) is 0 Å². The average Bonchev–Trinajstić information content (AvgIpc) is 2.67. The number of hydrogen-bond donors (Lipinski definition) is 1. The summed E-state index contributed by atoms with van der Waals surface area (Å²) in [5.41, 5.74) is -4.74. The van der Waals surface area contributed by atoms with Crippen LogP contribution >= 0.6 is 0 Å². The van der Waals surface area contributed by atoms with Crippen molar-refractivity contribution in [1.29, 1.82) is 0 Å². The van der Waals surface area contributed by atoms with Gasteiger partial charge in [-0.3, -0.25) is 4.79 Å². The third-order valence-corrected chi connectivity index (χ3v) is 3.16. The third-order valence-electron chi connectivity index (χ3n) is 3.16. The first kappa shape index (κ1) is 17.4. The van der Waals surface area contributed by atoms with Gasteiger partial charge in [-0.25, -0.2) is 4.79 Å². The Labute approximate surface area is 119 Å². The Hall–Kier alpha value is -1.64. The SMILES string of the molecule is CCOC(=O)C(=O)N1N=C(C(F)(F)F)CC1(O)C(C)(C)C. The van der Waals surface area contributed by atoms with E-state index in [-0.39, 0.29) is 11.6 Å². The van der Waals surface area contributed by atoms with Crippen LogP contribution in [-0.4, -0.2) is 46.2 Å². The van der Waals surface area contributed by atoms with Crippen LogP contribution in [0.5, 0.6) is 0 Å². The number of hydrogen-bond acceptors (Lipinski definition) is 5. The van der Waals surface area contributed by atoms with Crippen molar-refractivity contribution < 1.29 is 32.6 Å². The van der Waals surface area contributed by atoms with Gasteiger partial charge in [-0.05, 0) is 6.92 Å². The molecule has 1 unspecified atom stereocenters. The van der Waals surface area contributed by atoms with E-state index in [4.69, 9.17) is 0 Å². The number of hydrazone groups is 1. The van der Waals surface area contributed by atoms with E-state index in [0.29, 0.717) is 0 Å². The topological polar surface area (TPSA) is 79.2 Å². The predicted molar refractivity (Wildman–Crippen MR) is 66.0 cm³/mol. The molecule has 0 aliphatic carbocycles. The number of rotatable bonds is 1. The molecule has 0 bridgehead atoms. The van der Waals surface area contributed by atoms with Crippen LogP contribution in [0.25, 0.3) is 0 Å². The monoisotopic (exact) mass is 310 g/mol. The number of halogens is 3. The second-order valence-electron chi connectivity index (χ2n) is 5.63. The smallest absolute Gasteiger partial charge is 0.431 e. The van der Waals surface area contributed by atoms with Gasteiger partial charge in [-0.1, -0.05) is 20.8 Å². The molecular formula is C12H17F3N2O4. The molecule has 0 saturated carbocycles. The van der Waals surface area contributed by atoms with Crippen LogP contribution in [0, 0.1) is 5.41 Å². The number of alkyl halides is 3. The molecule has 1 aliphatic heterocycles. The Morgan fingerprint density at radius 2 is 1.90 bits per heavy atom. The molecule has 1 amide bonds. The van der Waals surface area contributed by atoms with E-state index in [9.17, 15) is 27.9 Å². The number of carbonyl (C=O) groups excluding carboxylic acids is 2. The van der Waals surface area contributed by atoms with Gasteiger partial charge >= 0.3 is 18.1 Å². The highest BCUT2D eigenvalue weighted by Crippen LogP contribution is 2.43. The van der Waals surface area contributed by atoms with Crippen LogP contribution in [0.1, 0.15) is 34.1 Å². The highest BCUT2D eigenvalue weighted by molar-refractivity contribution is 6.32. The van der Waals surface area contributed by atoms with Crippen LogP contribution < -0.4 is 0 Å². The lowest BCUT2D eigenvalue weighted by Gasteiger charge is -2.41. The molecule has 6 nitrogen and oxygen atoms in total. The van der Waals surface area contributed by atoms with Gasteiger partial charge in [-0.2, -0.15) is 23.3 Å². The molecule has 1 atom stereocenters. The molecule has 1 heterocycles. The van der Waals surface area contributed by atoms with E-state index in [1.165, 1.54) is 27.7 Å². The molecule has 120 valence electrons. The number of ether oxygens (including phenoxy) is 1. The first-order valence-corrected chi connectivity index (χ1v) is 6.23. The van der Waals surface area contributed by atoms with Crippen molar-refractivity contribution in [1.82, 2.24) is 5.01 Å². The van der Waals surface area contributed by atoms with Crippen molar-refractivity contribution in [3.05, 3.63) is 0 Å². The van der Waals surface area contributed by atoms with Crippen molar-refractivity contribution >= 4 is 17.6 Å². The van der Waals surface area contributed by atoms with Gasteiger partial charge in [0.05, 0.1) is 6.61 Å². The fourth-order valence-electron chi connectivity index (χ4n) is 1.78. The van der Waals surface area contributed by atoms with Crippen molar-refractivity contribution in [2.75, 3.05) is 6.61 Å². The number of aliphatic hydroxyl groups is 1. The summed E-state index contributed by atoms with van der Waals surface area (Å²) in [4.78, 5) is 23.3. The lowest BCUT2D eigenvalue weighted by atomic mass is 9.80.